The van der Waals surface area contributed by atoms with Crippen LogP contribution in [0.25, 0.3) is 0 Å². The maximum absolute atomic E-state index is 14.8. The van der Waals surface area contributed by atoms with Crippen LogP contribution in [0.3, 0.4) is 0 Å². The van der Waals surface area contributed by atoms with Gasteiger partial charge in [0.2, 0.25) is 0 Å². The Morgan fingerprint density at radius 2 is 1.52 bits per heavy atom. The van der Waals surface area contributed by atoms with E-state index in [4.69, 9.17) is 9.47 Å². The lowest BCUT2D eigenvalue weighted by Gasteiger charge is -2.47. The Labute approximate surface area is 167 Å². The summed E-state index contributed by atoms with van der Waals surface area (Å²) >= 11 is 0. The third-order valence-electron chi connectivity index (χ3n) is 5.05. The van der Waals surface area contributed by atoms with Crippen LogP contribution in [0, 0.1) is 0 Å². The van der Waals surface area contributed by atoms with Crippen molar-refractivity contribution in [2.24, 2.45) is 0 Å². The van der Waals surface area contributed by atoms with E-state index in [9.17, 15) is 4.57 Å². The molecule has 0 spiro atoms. The van der Waals surface area contributed by atoms with Crippen LogP contribution in [-0.4, -0.2) is 27.2 Å². The number of hydrogen-bond acceptors (Lipinski definition) is 3. The van der Waals surface area contributed by atoms with E-state index in [0.717, 1.165) is 16.8 Å². The first-order valence-electron chi connectivity index (χ1n) is 9.87. The molecule has 0 aliphatic carbocycles. The minimum atomic E-state index is -2.77. The van der Waals surface area contributed by atoms with Crippen LogP contribution in [-0.2, 0) is 4.57 Å². The second-order valence-corrected chi connectivity index (χ2v) is 18.6. The van der Waals surface area contributed by atoms with Gasteiger partial charge in [0.15, 0.2) is 5.59 Å². The van der Waals surface area contributed by atoms with Gasteiger partial charge in [-0.05, 0) is 39.1 Å². The fourth-order valence-electron chi connectivity index (χ4n) is 4.03. The minimum absolute atomic E-state index is 0.0478. The van der Waals surface area contributed by atoms with E-state index >= 15 is 0 Å². The second-order valence-electron chi connectivity index (χ2n) is 10.8. The van der Waals surface area contributed by atoms with Gasteiger partial charge in [0.05, 0.1) is 11.4 Å². The number of rotatable bonds is 3. The average Bonchev–Trinajstić information content (AvgIpc) is 2.83. The Morgan fingerprint density at radius 1 is 1.00 bits per heavy atom. The van der Waals surface area contributed by atoms with Crippen molar-refractivity contribution in [3.05, 3.63) is 18.2 Å². The first kappa shape index (κ1) is 22.8. The number of fused-ring (bicyclic) bond motifs is 1. The van der Waals surface area contributed by atoms with Crippen molar-refractivity contribution in [3.63, 3.8) is 0 Å². The Bertz CT molecular complexity index is 715. The monoisotopic (exact) mass is 412 g/mol. The molecule has 27 heavy (non-hydrogen) atoms. The summed E-state index contributed by atoms with van der Waals surface area (Å²) in [6.45, 7) is 23.4. The predicted molar refractivity (Wildman–Crippen MR) is 120 cm³/mol. The van der Waals surface area contributed by atoms with Gasteiger partial charge in [-0.3, -0.25) is 0 Å². The quantitative estimate of drug-likeness (QED) is 0.501. The SMILES string of the molecule is CC(C)Oc1cccc2c1[P@](C(C)(C)C)[C@H](P(=O)(C(C)(C)C)C(C)(C)C)O2. The highest BCUT2D eigenvalue weighted by Crippen LogP contribution is 2.80. The maximum atomic E-state index is 14.8. The molecule has 0 saturated carbocycles. The summed E-state index contributed by atoms with van der Waals surface area (Å²) in [6, 6.07) is 6.03. The third-order valence-corrected chi connectivity index (χ3v) is 14.3. The summed E-state index contributed by atoms with van der Waals surface area (Å²) in [6.07, 6.45) is 0.0874. The van der Waals surface area contributed by atoms with E-state index in [1.54, 1.807) is 0 Å². The molecule has 0 unspecified atom stereocenters. The number of ether oxygens (including phenoxy) is 2. The van der Waals surface area contributed by atoms with Crippen molar-refractivity contribution in [1.82, 2.24) is 0 Å². The molecule has 1 aliphatic rings. The molecule has 0 bridgehead atoms. The summed E-state index contributed by atoms with van der Waals surface area (Å²) in [5.41, 5.74) is -0.292. The molecule has 1 aromatic carbocycles. The van der Waals surface area contributed by atoms with Gasteiger partial charge in [-0.2, -0.15) is 0 Å². The minimum Gasteiger partial charge on any atom is -0.490 e. The van der Waals surface area contributed by atoms with E-state index < -0.39 is 15.1 Å². The van der Waals surface area contributed by atoms with Gasteiger partial charge in [-0.25, -0.2) is 0 Å². The zero-order valence-electron chi connectivity index (χ0n) is 19.0. The molecule has 1 heterocycles. The van der Waals surface area contributed by atoms with Crippen molar-refractivity contribution < 1.29 is 14.0 Å². The van der Waals surface area contributed by atoms with Crippen molar-refractivity contribution in [2.75, 3.05) is 0 Å². The first-order chi connectivity index (χ1) is 12.0. The third kappa shape index (κ3) is 3.97. The standard InChI is InChI=1S/C22H38O3P2/c1-15(2)24-16-13-12-14-17-18(16)26(20(3,4)5)19(25-17)27(23,21(6,7)8)22(9,10)11/h12-15,19H,1-11H3/t19-,26+/m1/s1. The van der Waals surface area contributed by atoms with Crippen LogP contribution in [0.2, 0.25) is 0 Å². The van der Waals surface area contributed by atoms with Gasteiger partial charge in [0.25, 0.3) is 0 Å². The van der Waals surface area contributed by atoms with Crippen molar-refractivity contribution >= 4 is 20.4 Å². The van der Waals surface area contributed by atoms with Crippen LogP contribution in [0.4, 0.5) is 0 Å². The van der Waals surface area contributed by atoms with Crippen LogP contribution >= 0.6 is 15.1 Å². The average molecular weight is 412 g/mol. The van der Waals surface area contributed by atoms with E-state index in [0.29, 0.717) is 0 Å². The second kappa shape index (κ2) is 7.07. The Kier molecular flexibility index (Phi) is 5.96. The molecule has 0 fully saturated rings. The lowest BCUT2D eigenvalue weighted by atomic mass is 10.2. The molecule has 154 valence electrons. The Hall–Kier alpha value is -0.520. The summed E-state index contributed by atoms with van der Waals surface area (Å²) in [7, 11) is -3.62. The molecule has 0 saturated heterocycles. The van der Waals surface area contributed by atoms with E-state index in [1.165, 1.54) is 0 Å². The molecule has 1 aliphatic heterocycles. The van der Waals surface area contributed by atoms with Gasteiger partial charge < -0.3 is 14.0 Å². The van der Waals surface area contributed by atoms with Gasteiger partial charge in [0, 0.05) is 10.3 Å². The molecule has 0 amide bonds. The maximum Gasteiger partial charge on any atom is 0.174 e. The molecule has 3 nitrogen and oxygen atoms in total. The summed E-state index contributed by atoms with van der Waals surface area (Å²) in [4.78, 5) is 0. The summed E-state index contributed by atoms with van der Waals surface area (Å²) < 4.78 is 27.5. The lowest BCUT2D eigenvalue weighted by Crippen LogP contribution is -2.38. The Morgan fingerprint density at radius 3 is 1.93 bits per heavy atom. The van der Waals surface area contributed by atoms with Crippen molar-refractivity contribution in [1.29, 1.82) is 0 Å². The predicted octanol–water partition coefficient (Wildman–Crippen LogP) is 7.02. The van der Waals surface area contributed by atoms with Crippen LogP contribution in [0.5, 0.6) is 11.5 Å². The van der Waals surface area contributed by atoms with Crippen LogP contribution in [0.1, 0.15) is 76.2 Å². The van der Waals surface area contributed by atoms with Gasteiger partial charge in [-0.15, -0.1) is 0 Å². The van der Waals surface area contributed by atoms with E-state index in [2.05, 4.69) is 62.3 Å². The molecule has 0 radical (unpaired) electrons. The molecular formula is C22H38O3P2. The fourth-order valence-corrected chi connectivity index (χ4v) is 14.9. The molecular weight excluding hydrogens is 374 g/mol. The van der Waals surface area contributed by atoms with Crippen molar-refractivity contribution in [3.8, 4) is 11.5 Å². The van der Waals surface area contributed by atoms with Crippen LogP contribution in [0.15, 0.2) is 18.2 Å². The van der Waals surface area contributed by atoms with Gasteiger partial charge in [-0.1, -0.05) is 68.4 Å². The Balaban J connectivity index is 2.75. The molecule has 0 N–H and O–H groups in total. The molecule has 5 heteroatoms. The van der Waals surface area contributed by atoms with E-state index in [1.807, 2.05) is 32.0 Å². The van der Waals surface area contributed by atoms with Crippen LogP contribution < -0.4 is 14.8 Å². The van der Waals surface area contributed by atoms with E-state index in [-0.39, 0.29) is 27.2 Å². The lowest BCUT2D eigenvalue weighted by molar-refractivity contribution is 0.244. The normalized spacial score (nSPS) is 21.2. The largest absolute Gasteiger partial charge is 0.490 e. The molecule has 2 atom stereocenters. The number of hydrogen-bond donors (Lipinski definition) is 0. The zero-order chi connectivity index (χ0) is 21.0. The number of benzene rings is 1. The van der Waals surface area contributed by atoms with Gasteiger partial charge >= 0.3 is 0 Å². The van der Waals surface area contributed by atoms with Crippen molar-refractivity contribution in [2.45, 2.75) is 103 Å². The molecule has 2 rings (SSSR count). The molecule has 0 aromatic heterocycles. The smallest absolute Gasteiger partial charge is 0.174 e. The summed E-state index contributed by atoms with van der Waals surface area (Å²) in [5.74, 6) is 1.74. The highest BCUT2D eigenvalue weighted by atomic mass is 31.2. The fraction of sp³-hybridized carbons (Fsp3) is 0.727. The van der Waals surface area contributed by atoms with Gasteiger partial charge in [0.1, 0.15) is 18.6 Å². The molecule has 1 aromatic rings. The highest BCUT2D eigenvalue weighted by molar-refractivity contribution is 7.84. The topological polar surface area (TPSA) is 35.5 Å². The first-order valence-corrected chi connectivity index (χ1v) is 13.1. The zero-order valence-corrected chi connectivity index (χ0v) is 20.8. The highest BCUT2D eigenvalue weighted by Gasteiger charge is 2.60. The summed E-state index contributed by atoms with van der Waals surface area (Å²) in [5, 5.41) is 0.409.